The van der Waals surface area contributed by atoms with Crippen molar-refractivity contribution in [2.24, 2.45) is 7.05 Å². The Bertz CT molecular complexity index is 1430. The number of fused-ring (bicyclic) bond motifs is 1. The smallest absolute Gasteiger partial charge is 0.277 e. The van der Waals surface area contributed by atoms with Crippen LogP contribution in [0.1, 0.15) is 22.9 Å². The predicted octanol–water partition coefficient (Wildman–Crippen LogP) is 3.48. The molecule has 1 aromatic carbocycles. The first kappa shape index (κ1) is 21.5. The number of hydrogen-bond donors (Lipinski definition) is 0. The normalized spacial score (nSPS) is 16.5. The van der Waals surface area contributed by atoms with Gasteiger partial charge < -0.3 is 9.64 Å². The van der Waals surface area contributed by atoms with Gasteiger partial charge in [0.2, 0.25) is 0 Å². The van der Waals surface area contributed by atoms with Gasteiger partial charge in [-0.1, -0.05) is 11.6 Å². The monoisotopic (exact) mass is 468 g/mol. The van der Waals surface area contributed by atoms with Crippen molar-refractivity contribution in [3.8, 4) is 11.1 Å². The molecule has 3 aromatic heterocycles. The molecule has 0 amide bonds. The zero-order chi connectivity index (χ0) is 23.3. The highest BCUT2D eigenvalue weighted by Gasteiger charge is 2.26. The van der Waals surface area contributed by atoms with Gasteiger partial charge in [0, 0.05) is 52.8 Å². The fraction of sp³-hybridized carbons (Fsp3) is 0.304. The molecule has 1 aliphatic rings. The second-order valence-corrected chi connectivity index (χ2v) is 8.59. The number of benzene rings is 1. The Balaban J connectivity index is 1.67. The van der Waals surface area contributed by atoms with Crippen LogP contribution in [0, 0.1) is 19.7 Å². The van der Waals surface area contributed by atoms with Crippen LogP contribution in [0.15, 0.2) is 41.5 Å². The molecule has 0 saturated carbocycles. The van der Waals surface area contributed by atoms with Crippen molar-refractivity contribution < 1.29 is 9.13 Å². The summed E-state index contributed by atoms with van der Waals surface area (Å²) in [5.74, 6) is 0.0421. The molecule has 1 fully saturated rings. The van der Waals surface area contributed by atoms with Crippen LogP contribution in [0.4, 0.5) is 10.2 Å². The third-order valence-corrected chi connectivity index (χ3v) is 6.19. The number of aryl methyl sites for hydroxylation is 2. The Morgan fingerprint density at radius 2 is 2.03 bits per heavy atom. The maximum atomic E-state index is 14.9. The van der Waals surface area contributed by atoms with Gasteiger partial charge in [-0.25, -0.2) is 9.37 Å². The molecule has 0 N–H and O–H groups in total. The maximum Gasteiger partial charge on any atom is 0.277 e. The van der Waals surface area contributed by atoms with Gasteiger partial charge in [0.1, 0.15) is 11.9 Å². The number of anilines is 1. The maximum absolute atomic E-state index is 14.9. The first-order valence-electron chi connectivity index (χ1n) is 10.5. The lowest BCUT2D eigenvalue weighted by molar-refractivity contribution is 0.0394. The Labute approximate surface area is 194 Å². The largest absolute Gasteiger partial charge is 0.370 e. The molecule has 1 aliphatic heterocycles. The van der Waals surface area contributed by atoms with Crippen LogP contribution < -0.4 is 10.5 Å². The fourth-order valence-corrected chi connectivity index (χ4v) is 4.18. The van der Waals surface area contributed by atoms with Crippen molar-refractivity contribution in [1.29, 1.82) is 0 Å². The van der Waals surface area contributed by atoms with E-state index in [1.165, 1.54) is 10.6 Å². The summed E-state index contributed by atoms with van der Waals surface area (Å²) in [7, 11) is 1.85. The molecule has 170 valence electrons. The Morgan fingerprint density at radius 1 is 1.21 bits per heavy atom. The molecular formula is C23H22ClFN6O2. The number of ether oxygens (including phenoxy) is 1. The van der Waals surface area contributed by atoms with Gasteiger partial charge in [0.15, 0.2) is 11.5 Å². The number of morpholine rings is 1. The highest BCUT2D eigenvalue weighted by Crippen LogP contribution is 2.32. The standard InChI is InChI=1S/C23H22ClFN6O2/c1-13-14(2)27-22-18(17-5-4-16(24)8-19(17)25)9-21(28-31(22)23(13)32)30-6-7-33-20(12-30)15-10-26-29(3)11-15/h4-5,8-11,20H,6-7,12H2,1-3H3/t20-/m0/s1. The lowest BCUT2D eigenvalue weighted by atomic mass is 10.1. The van der Waals surface area contributed by atoms with E-state index in [1.807, 2.05) is 18.1 Å². The first-order chi connectivity index (χ1) is 15.8. The topological polar surface area (TPSA) is 77.6 Å². The second-order valence-electron chi connectivity index (χ2n) is 8.16. The van der Waals surface area contributed by atoms with E-state index < -0.39 is 5.82 Å². The van der Waals surface area contributed by atoms with Gasteiger partial charge >= 0.3 is 0 Å². The molecule has 1 saturated heterocycles. The van der Waals surface area contributed by atoms with Crippen molar-refractivity contribution in [1.82, 2.24) is 24.4 Å². The van der Waals surface area contributed by atoms with Crippen molar-refractivity contribution in [2.45, 2.75) is 20.0 Å². The molecule has 4 aromatic rings. The molecule has 10 heteroatoms. The molecular weight excluding hydrogens is 447 g/mol. The average molecular weight is 469 g/mol. The van der Waals surface area contributed by atoms with E-state index in [0.29, 0.717) is 58.6 Å². The quantitative estimate of drug-likeness (QED) is 0.458. The minimum Gasteiger partial charge on any atom is -0.370 e. The highest BCUT2D eigenvalue weighted by molar-refractivity contribution is 6.30. The highest BCUT2D eigenvalue weighted by atomic mass is 35.5. The van der Waals surface area contributed by atoms with Gasteiger partial charge in [0.05, 0.1) is 19.3 Å². The van der Waals surface area contributed by atoms with Crippen molar-refractivity contribution in [2.75, 3.05) is 24.6 Å². The Morgan fingerprint density at radius 3 is 2.76 bits per heavy atom. The predicted molar refractivity (Wildman–Crippen MR) is 123 cm³/mol. The van der Waals surface area contributed by atoms with Crippen LogP contribution in [0.3, 0.4) is 0 Å². The third kappa shape index (κ3) is 3.87. The summed E-state index contributed by atoms with van der Waals surface area (Å²) in [6.45, 7) is 5.03. The summed E-state index contributed by atoms with van der Waals surface area (Å²) in [4.78, 5) is 19.7. The minimum absolute atomic E-state index is 0.199. The molecule has 33 heavy (non-hydrogen) atoms. The molecule has 0 radical (unpaired) electrons. The van der Waals surface area contributed by atoms with Gasteiger partial charge in [-0.2, -0.15) is 9.61 Å². The molecule has 0 aliphatic carbocycles. The van der Waals surface area contributed by atoms with E-state index in [-0.39, 0.29) is 11.7 Å². The lowest BCUT2D eigenvalue weighted by Gasteiger charge is -2.33. The number of aromatic nitrogens is 5. The zero-order valence-electron chi connectivity index (χ0n) is 18.4. The van der Waals surface area contributed by atoms with Gasteiger partial charge in [-0.05, 0) is 38.1 Å². The lowest BCUT2D eigenvalue weighted by Crippen LogP contribution is -2.39. The van der Waals surface area contributed by atoms with Crippen LogP contribution >= 0.6 is 11.6 Å². The van der Waals surface area contributed by atoms with Gasteiger partial charge in [0.25, 0.3) is 5.56 Å². The van der Waals surface area contributed by atoms with E-state index in [4.69, 9.17) is 16.3 Å². The summed E-state index contributed by atoms with van der Waals surface area (Å²) < 4.78 is 23.9. The van der Waals surface area contributed by atoms with Crippen LogP contribution in [0.2, 0.25) is 5.02 Å². The van der Waals surface area contributed by atoms with Crippen LogP contribution in [-0.2, 0) is 11.8 Å². The number of rotatable bonds is 3. The minimum atomic E-state index is -0.496. The molecule has 5 rings (SSSR count). The molecule has 1 atom stereocenters. The van der Waals surface area contributed by atoms with Crippen molar-refractivity contribution in [3.63, 3.8) is 0 Å². The first-order valence-corrected chi connectivity index (χ1v) is 10.9. The van der Waals surface area contributed by atoms with Crippen molar-refractivity contribution in [3.05, 3.63) is 74.7 Å². The second kappa shape index (κ2) is 8.24. The summed E-state index contributed by atoms with van der Waals surface area (Å²) in [5, 5.41) is 9.13. The van der Waals surface area contributed by atoms with Crippen LogP contribution in [-0.4, -0.2) is 44.1 Å². The SMILES string of the molecule is Cc1nc2c(-c3ccc(Cl)cc3F)cc(N3CCO[C@H](c4cnn(C)c4)C3)nn2c(=O)c1C. The molecule has 0 bridgehead atoms. The Kier molecular flexibility index (Phi) is 5.38. The van der Waals surface area contributed by atoms with E-state index in [1.54, 1.807) is 42.9 Å². The van der Waals surface area contributed by atoms with E-state index >= 15 is 0 Å². The summed E-state index contributed by atoms with van der Waals surface area (Å²) in [6.07, 6.45) is 3.49. The molecule has 8 nitrogen and oxygen atoms in total. The summed E-state index contributed by atoms with van der Waals surface area (Å²) >= 11 is 5.97. The van der Waals surface area contributed by atoms with Gasteiger partial charge in [-0.3, -0.25) is 9.48 Å². The van der Waals surface area contributed by atoms with Crippen LogP contribution in [0.5, 0.6) is 0 Å². The molecule has 0 spiro atoms. The van der Waals surface area contributed by atoms with Gasteiger partial charge in [-0.15, -0.1) is 5.10 Å². The van der Waals surface area contributed by atoms with Crippen LogP contribution in [0.25, 0.3) is 16.8 Å². The van der Waals surface area contributed by atoms with Crippen molar-refractivity contribution >= 4 is 23.1 Å². The average Bonchev–Trinajstić information content (AvgIpc) is 3.24. The fourth-order valence-electron chi connectivity index (χ4n) is 4.02. The number of hydrogen-bond acceptors (Lipinski definition) is 6. The third-order valence-electron chi connectivity index (χ3n) is 5.96. The summed E-state index contributed by atoms with van der Waals surface area (Å²) in [5.41, 5.74) is 2.81. The van der Waals surface area contributed by atoms with E-state index in [2.05, 4.69) is 15.2 Å². The number of halogens is 2. The molecule has 4 heterocycles. The molecule has 0 unspecified atom stereocenters. The Hall–Kier alpha value is -3.30. The number of nitrogens with zero attached hydrogens (tertiary/aromatic N) is 6. The van der Waals surface area contributed by atoms with E-state index in [9.17, 15) is 9.18 Å². The zero-order valence-corrected chi connectivity index (χ0v) is 19.2. The van der Waals surface area contributed by atoms with E-state index in [0.717, 1.165) is 5.56 Å². The summed E-state index contributed by atoms with van der Waals surface area (Å²) in [6, 6.07) is 6.23.